The number of allylic oxidation sites excluding steroid dienone is 1. The van der Waals surface area contributed by atoms with Crippen LogP contribution in [0.4, 0.5) is 0 Å². The average Bonchev–Trinajstić information content (AvgIpc) is 2.90. The standard InChI is InChI=1S/C30H26N2O2/c1-33-28-16-15-22(19-23-9-8-18-32-30(23)24-10-7-17-31-21-24)20-27(28)26-13-5-6-14-29(26)34-25-11-3-2-4-12-25/h2-7,10-17,19-21H,8-9,18H2,1H3/b23-19-. The van der Waals surface area contributed by atoms with Crippen LogP contribution in [0.2, 0.25) is 0 Å². The van der Waals surface area contributed by atoms with Crippen LogP contribution in [0.1, 0.15) is 24.0 Å². The van der Waals surface area contributed by atoms with E-state index < -0.39 is 0 Å². The van der Waals surface area contributed by atoms with Crippen LogP contribution < -0.4 is 9.47 Å². The number of nitrogens with zero attached hydrogens (tertiary/aromatic N) is 2. The van der Waals surface area contributed by atoms with Crippen LogP contribution in [0, 0.1) is 0 Å². The molecule has 0 saturated carbocycles. The van der Waals surface area contributed by atoms with Crippen molar-refractivity contribution in [2.24, 2.45) is 4.99 Å². The Balaban J connectivity index is 1.55. The zero-order chi connectivity index (χ0) is 23.2. The van der Waals surface area contributed by atoms with Crippen molar-refractivity contribution in [1.29, 1.82) is 0 Å². The van der Waals surface area contributed by atoms with Gasteiger partial charge in [0.2, 0.25) is 0 Å². The summed E-state index contributed by atoms with van der Waals surface area (Å²) in [6, 6.07) is 28.2. The molecule has 0 spiro atoms. The van der Waals surface area contributed by atoms with Gasteiger partial charge in [0.15, 0.2) is 0 Å². The van der Waals surface area contributed by atoms with E-state index in [1.54, 1.807) is 13.3 Å². The fraction of sp³-hybridized carbons (Fsp3) is 0.133. The first-order chi connectivity index (χ1) is 16.8. The number of hydrogen-bond acceptors (Lipinski definition) is 4. The van der Waals surface area contributed by atoms with Gasteiger partial charge in [0.25, 0.3) is 0 Å². The molecule has 4 nitrogen and oxygen atoms in total. The van der Waals surface area contributed by atoms with Gasteiger partial charge in [0.1, 0.15) is 17.2 Å². The van der Waals surface area contributed by atoms with E-state index in [1.807, 2.05) is 66.9 Å². The van der Waals surface area contributed by atoms with Crippen molar-refractivity contribution in [1.82, 2.24) is 4.98 Å². The Hall–Kier alpha value is -4.18. The number of benzene rings is 3. The first-order valence-electron chi connectivity index (χ1n) is 11.5. The van der Waals surface area contributed by atoms with Crippen LogP contribution in [0.25, 0.3) is 17.2 Å². The molecule has 0 radical (unpaired) electrons. The van der Waals surface area contributed by atoms with E-state index in [4.69, 9.17) is 14.5 Å². The van der Waals surface area contributed by atoms with Crippen molar-refractivity contribution in [2.75, 3.05) is 13.7 Å². The molecule has 4 aromatic rings. The number of para-hydroxylation sites is 2. The number of pyridine rings is 1. The molecule has 0 saturated heterocycles. The molecule has 4 heteroatoms. The van der Waals surface area contributed by atoms with E-state index in [-0.39, 0.29) is 0 Å². The monoisotopic (exact) mass is 446 g/mol. The molecule has 1 aromatic heterocycles. The third-order valence-electron chi connectivity index (χ3n) is 5.83. The topological polar surface area (TPSA) is 43.7 Å². The molecule has 2 heterocycles. The van der Waals surface area contributed by atoms with Crippen LogP contribution in [0.15, 0.2) is 108 Å². The molecular weight excluding hydrogens is 420 g/mol. The molecule has 0 bridgehead atoms. The normalized spacial score (nSPS) is 14.5. The lowest BCUT2D eigenvalue weighted by Crippen LogP contribution is -2.11. The molecule has 0 atom stereocenters. The quantitative estimate of drug-likeness (QED) is 0.314. The smallest absolute Gasteiger partial charge is 0.135 e. The second-order valence-electron chi connectivity index (χ2n) is 8.12. The SMILES string of the molecule is COc1ccc(/C=C2/CCCN=C2c2cccnc2)cc1-c1ccccc1Oc1ccccc1. The summed E-state index contributed by atoms with van der Waals surface area (Å²) >= 11 is 0. The zero-order valence-corrected chi connectivity index (χ0v) is 19.1. The van der Waals surface area contributed by atoms with E-state index >= 15 is 0 Å². The summed E-state index contributed by atoms with van der Waals surface area (Å²) in [7, 11) is 1.70. The largest absolute Gasteiger partial charge is 0.496 e. The highest BCUT2D eigenvalue weighted by atomic mass is 16.5. The highest BCUT2D eigenvalue weighted by molar-refractivity contribution is 6.15. The predicted molar refractivity (Wildman–Crippen MR) is 138 cm³/mol. The number of methoxy groups -OCH3 is 1. The molecule has 34 heavy (non-hydrogen) atoms. The van der Waals surface area contributed by atoms with Gasteiger partial charge in [-0.15, -0.1) is 0 Å². The van der Waals surface area contributed by atoms with E-state index in [2.05, 4.69) is 35.3 Å². The highest BCUT2D eigenvalue weighted by Gasteiger charge is 2.16. The summed E-state index contributed by atoms with van der Waals surface area (Å²) < 4.78 is 12.0. The number of rotatable bonds is 6. The van der Waals surface area contributed by atoms with Crippen LogP contribution in [0.5, 0.6) is 17.2 Å². The van der Waals surface area contributed by atoms with Crippen LogP contribution in [-0.4, -0.2) is 24.4 Å². The van der Waals surface area contributed by atoms with E-state index in [9.17, 15) is 0 Å². The summed E-state index contributed by atoms with van der Waals surface area (Å²) in [6.07, 6.45) is 7.94. The van der Waals surface area contributed by atoms with Gasteiger partial charge >= 0.3 is 0 Å². The lowest BCUT2D eigenvalue weighted by atomic mass is 9.93. The Bertz CT molecular complexity index is 1330. The molecule has 0 N–H and O–H groups in total. The number of ether oxygens (including phenoxy) is 2. The maximum atomic E-state index is 6.23. The first kappa shape index (κ1) is 21.7. The minimum absolute atomic E-state index is 0.784. The second-order valence-corrected chi connectivity index (χ2v) is 8.12. The van der Waals surface area contributed by atoms with Gasteiger partial charge in [-0.1, -0.05) is 42.5 Å². The zero-order valence-electron chi connectivity index (χ0n) is 19.1. The summed E-state index contributed by atoms with van der Waals surface area (Å²) in [5.41, 5.74) is 6.38. The summed E-state index contributed by atoms with van der Waals surface area (Å²) in [5, 5.41) is 0. The minimum Gasteiger partial charge on any atom is -0.496 e. The summed E-state index contributed by atoms with van der Waals surface area (Å²) in [5.74, 6) is 2.38. The Kier molecular flexibility index (Phi) is 6.48. The number of hydrogen-bond donors (Lipinski definition) is 0. The van der Waals surface area contributed by atoms with Crippen molar-refractivity contribution in [3.8, 4) is 28.4 Å². The molecule has 0 fully saturated rings. The van der Waals surface area contributed by atoms with Crippen molar-refractivity contribution in [3.05, 3.63) is 114 Å². The first-order valence-corrected chi connectivity index (χ1v) is 11.5. The van der Waals surface area contributed by atoms with Gasteiger partial charge in [-0.3, -0.25) is 9.98 Å². The van der Waals surface area contributed by atoms with Crippen LogP contribution in [-0.2, 0) is 0 Å². The molecule has 168 valence electrons. The Morgan fingerprint density at radius 1 is 0.824 bits per heavy atom. The van der Waals surface area contributed by atoms with Gasteiger partial charge in [-0.2, -0.15) is 0 Å². The maximum Gasteiger partial charge on any atom is 0.135 e. The highest BCUT2D eigenvalue weighted by Crippen LogP contribution is 2.39. The molecule has 3 aromatic carbocycles. The predicted octanol–water partition coefficient (Wildman–Crippen LogP) is 7.22. The number of aliphatic imine (C=N–C) groups is 1. The Morgan fingerprint density at radius 3 is 2.50 bits per heavy atom. The van der Waals surface area contributed by atoms with Gasteiger partial charge in [-0.25, -0.2) is 0 Å². The van der Waals surface area contributed by atoms with E-state index in [0.717, 1.165) is 64.6 Å². The molecule has 0 amide bonds. The fourth-order valence-electron chi connectivity index (χ4n) is 4.22. The Labute approximate surface area is 200 Å². The van der Waals surface area contributed by atoms with E-state index in [0.29, 0.717) is 0 Å². The number of aromatic nitrogens is 1. The molecular formula is C30H26N2O2. The van der Waals surface area contributed by atoms with Gasteiger partial charge in [0, 0.05) is 35.6 Å². The Morgan fingerprint density at radius 2 is 1.68 bits per heavy atom. The molecule has 1 aliphatic heterocycles. The molecule has 1 aliphatic rings. The van der Waals surface area contributed by atoms with Crippen LogP contribution >= 0.6 is 0 Å². The summed E-state index contributed by atoms with van der Waals surface area (Å²) in [6.45, 7) is 0.847. The molecule has 0 unspecified atom stereocenters. The van der Waals surface area contributed by atoms with Gasteiger partial charge in [-0.05, 0) is 72.5 Å². The second kappa shape index (κ2) is 10.2. The lowest BCUT2D eigenvalue weighted by molar-refractivity contribution is 0.416. The third kappa shape index (κ3) is 4.76. The molecule has 0 aliphatic carbocycles. The van der Waals surface area contributed by atoms with E-state index in [1.165, 1.54) is 5.57 Å². The van der Waals surface area contributed by atoms with Crippen molar-refractivity contribution in [2.45, 2.75) is 12.8 Å². The van der Waals surface area contributed by atoms with Crippen molar-refractivity contribution < 1.29 is 9.47 Å². The fourth-order valence-corrected chi connectivity index (χ4v) is 4.22. The van der Waals surface area contributed by atoms with Gasteiger partial charge < -0.3 is 9.47 Å². The minimum atomic E-state index is 0.784. The van der Waals surface area contributed by atoms with Crippen molar-refractivity contribution in [3.63, 3.8) is 0 Å². The summed E-state index contributed by atoms with van der Waals surface area (Å²) in [4.78, 5) is 9.10. The average molecular weight is 447 g/mol. The van der Waals surface area contributed by atoms with Gasteiger partial charge in [0.05, 0.1) is 12.8 Å². The third-order valence-corrected chi connectivity index (χ3v) is 5.83. The van der Waals surface area contributed by atoms with Crippen molar-refractivity contribution >= 4 is 11.8 Å². The lowest BCUT2D eigenvalue weighted by Gasteiger charge is -2.17. The molecule has 5 rings (SSSR count). The van der Waals surface area contributed by atoms with Crippen LogP contribution in [0.3, 0.4) is 0 Å². The maximum absolute atomic E-state index is 6.23.